The van der Waals surface area contributed by atoms with Crippen molar-refractivity contribution in [1.29, 1.82) is 0 Å². The monoisotopic (exact) mass is 401 g/mol. The van der Waals surface area contributed by atoms with Gasteiger partial charge in [0.2, 0.25) is 5.91 Å². The predicted molar refractivity (Wildman–Crippen MR) is 101 cm³/mol. The predicted octanol–water partition coefficient (Wildman–Crippen LogP) is 4.69. The van der Waals surface area contributed by atoms with Crippen LogP contribution in [0.25, 0.3) is 0 Å². The Morgan fingerprint density at radius 2 is 1.60 bits per heavy atom. The van der Waals surface area contributed by atoms with E-state index in [1.807, 2.05) is 24.3 Å². The molecule has 1 saturated carbocycles. The van der Waals surface area contributed by atoms with Gasteiger partial charge in [0.1, 0.15) is 0 Å². The minimum absolute atomic E-state index is 0.0122. The number of rotatable bonds is 4. The molecule has 0 bridgehead atoms. The van der Waals surface area contributed by atoms with E-state index < -0.39 is 5.41 Å². The number of carbonyl (C=O) groups excluding carboxylic acids is 2. The summed E-state index contributed by atoms with van der Waals surface area (Å²) in [5.41, 5.74) is 1.71. The van der Waals surface area contributed by atoms with Crippen LogP contribution in [0.3, 0.4) is 0 Å². The van der Waals surface area contributed by atoms with Crippen LogP contribution in [0.1, 0.15) is 41.6 Å². The molecule has 0 spiro atoms. The van der Waals surface area contributed by atoms with Crippen LogP contribution in [0.4, 0.5) is 5.69 Å². The smallest absolute Gasteiger partial charge is 0.337 e. The second kappa shape index (κ2) is 7.40. The SMILES string of the molecule is COC(=O)c1ccc(NC(=O)C2(c3ccc(Br)cc3)CCCC2)cc1. The molecule has 1 fully saturated rings. The van der Waals surface area contributed by atoms with E-state index in [0.717, 1.165) is 35.7 Å². The maximum absolute atomic E-state index is 13.1. The minimum Gasteiger partial charge on any atom is -0.465 e. The number of hydrogen-bond donors (Lipinski definition) is 1. The molecule has 3 rings (SSSR count). The van der Waals surface area contributed by atoms with Crippen molar-refractivity contribution in [1.82, 2.24) is 0 Å². The Balaban J connectivity index is 1.82. The van der Waals surface area contributed by atoms with Gasteiger partial charge in [-0.3, -0.25) is 4.79 Å². The summed E-state index contributed by atoms with van der Waals surface area (Å²) in [7, 11) is 1.35. The summed E-state index contributed by atoms with van der Waals surface area (Å²) in [5.74, 6) is -0.377. The highest BCUT2D eigenvalue weighted by molar-refractivity contribution is 9.10. The Morgan fingerprint density at radius 3 is 2.16 bits per heavy atom. The fraction of sp³-hybridized carbons (Fsp3) is 0.300. The highest BCUT2D eigenvalue weighted by Gasteiger charge is 2.42. The van der Waals surface area contributed by atoms with Crippen LogP contribution in [0.2, 0.25) is 0 Å². The third-order valence-electron chi connectivity index (χ3n) is 4.85. The molecule has 2 aromatic carbocycles. The summed E-state index contributed by atoms with van der Waals surface area (Å²) in [6.45, 7) is 0. The first kappa shape index (κ1) is 17.7. The minimum atomic E-state index is -0.484. The zero-order chi connectivity index (χ0) is 17.9. The maximum Gasteiger partial charge on any atom is 0.337 e. The molecule has 25 heavy (non-hydrogen) atoms. The van der Waals surface area contributed by atoms with Gasteiger partial charge >= 0.3 is 5.97 Å². The fourth-order valence-electron chi connectivity index (χ4n) is 3.45. The third-order valence-corrected chi connectivity index (χ3v) is 5.38. The molecule has 0 heterocycles. The van der Waals surface area contributed by atoms with Crippen LogP contribution >= 0.6 is 15.9 Å². The first-order valence-corrected chi connectivity index (χ1v) is 9.10. The van der Waals surface area contributed by atoms with Crippen molar-refractivity contribution < 1.29 is 14.3 Å². The number of amides is 1. The Bertz CT molecular complexity index is 763. The molecule has 0 unspecified atom stereocenters. The summed E-state index contributed by atoms with van der Waals surface area (Å²) >= 11 is 3.45. The molecule has 4 nitrogen and oxygen atoms in total. The molecule has 0 saturated heterocycles. The molecule has 0 aliphatic heterocycles. The molecule has 5 heteroatoms. The number of ether oxygens (including phenoxy) is 1. The highest BCUT2D eigenvalue weighted by atomic mass is 79.9. The third kappa shape index (κ3) is 3.61. The van der Waals surface area contributed by atoms with Crippen LogP contribution in [0.15, 0.2) is 53.0 Å². The summed E-state index contributed by atoms with van der Waals surface area (Å²) in [6, 6.07) is 14.8. The Labute approximate surface area is 155 Å². The molecular formula is C20H20BrNO3. The van der Waals surface area contributed by atoms with Crippen LogP contribution in [-0.4, -0.2) is 19.0 Å². The van der Waals surface area contributed by atoms with Crippen molar-refractivity contribution in [3.05, 3.63) is 64.1 Å². The number of carbonyl (C=O) groups is 2. The standard InChI is InChI=1S/C20H20BrNO3/c1-25-18(23)14-4-10-17(11-5-14)22-19(24)20(12-2-3-13-20)15-6-8-16(21)9-7-15/h4-11H,2-3,12-13H2,1H3,(H,22,24). The van der Waals surface area contributed by atoms with Crippen molar-refractivity contribution in [3.63, 3.8) is 0 Å². The maximum atomic E-state index is 13.1. The van der Waals surface area contributed by atoms with Gasteiger partial charge in [-0.1, -0.05) is 40.9 Å². The first-order valence-electron chi connectivity index (χ1n) is 8.31. The zero-order valence-electron chi connectivity index (χ0n) is 14.0. The quantitative estimate of drug-likeness (QED) is 0.756. The lowest BCUT2D eigenvalue weighted by atomic mass is 9.78. The van der Waals surface area contributed by atoms with E-state index in [1.54, 1.807) is 24.3 Å². The van der Waals surface area contributed by atoms with E-state index >= 15 is 0 Å². The summed E-state index contributed by atoms with van der Waals surface area (Å²) < 4.78 is 5.69. The normalized spacial score (nSPS) is 15.6. The van der Waals surface area contributed by atoms with Gasteiger partial charge in [-0.15, -0.1) is 0 Å². The van der Waals surface area contributed by atoms with Crippen LogP contribution in [0.5, 0.6) is 0 Å². The second-order valence-electron chi connectivity index (χ2n) is 6.32. The van der Waals surface area contributed by atoms with Gasteiger partial charge in [0.25, 0.3) is 0 Å². The van der Waals surface area contributed by atoms with E-state index in [9.17, 15) is 9.59 Å². The van der Waals surface area contributed by atoms with Gasteiger partial charge in [0.15, 0.2) is 0 Å². The van der Waals surface area contributed by atoms with Gasteiger partial charge in [-0.05, 0) is 54.8 Å². The number of nitrogens with one attached hydrogen (secondary N) is 1. The largest absolute Gasteiger partial charge is 0.465 e. The molecule has 1 aliphatic carbocycles. The van der Waals surface area contributed by atoms with Crippen LogP contribution in [0, 0.1) is 0 Å². The summed E-state index contributed by atoms with van der Waals surface area (Å²) in [4.78, 5) is 24.6. The lowest BCUT2D eigenvalue weighted by Crippen LogP contribution is -2.37. The fourth-order valence-corrected chi connectivity index (χ4v) is 3.72. The topological polar surface area (TPSA) is 55.4 Å². The van der Waals surface area contributed by atoms with Gasteiger partial charge in [0, 0.05) is 10.2 Å². The molecule has 2 aromatic rings. The van der Waals surface area contributed by atoms with Crippen molar-refractivity contribution in [2.75, 3.05) is 12.4 Å². The van der Waals surface area contributed by atoms with Crippen LogP contribution in [-0.2, 0) is 14.9 Å². The van der Waals surface area contributed by atoms with Gasteiger partial charge < -0.3 is 10.1 Å². The van der Waals surface area contributed by atoms with Crippen molar-refractivity contribution in [2.24, 2.45) is 0 Å². The molecular weight excluding hydrogens is 382 g/mol. The average Bonchev–Trinajstić information content (AvgIpc) is 3.13. The number of benzene rings is 2. The van der Waals surface area contributed by atoms with Gasteiger partial charge in [-0.2, -0.15) is 0 Å². The molecule has 1 amide bonds. The second-order valence-corrected chi connectivity index (χ2v) is 7.23. The summed E-state index contributed by atoms with van der Waals surface area (Å²) in [6.07, 6.45) is 3.79. The number of anilines is 1. The van der Waals surface area contributed by atoms with Crippen LogP contribution < -0.4 is 5.32 Å². The van der Waals surface area contributed by atoms with Gasteiger partial charge in [-0.25, -0.2) is 4.79 Å². The van der Waals surface area contributed by atoms with Crippen molar-refractivity contribution in [3.8, 4) is 0 Å². The lowest BCUT2D eigenvalue weighted by Gasteiger charge is -2.28. The zero-order valence-corrected chi connectivity index (χ0v) is 15.6. The molecule has 1 aliphatic rings. The van der Waals surface area contributed by atoms with E-state index in [2.05, 4.69) is 21.2 Å². The molecule has 130 valence electrons. The highest BCUT2D eigenvalue weighted by Crippen LogP contribution is 2.42. The average molecular weight is 402 g/mol. The Kier molecular flexibility index (Phi) is 5.23. The number of methoxy groups -OCH3 is 1. The summed E-state index contributed by atoms with van der Waals surface area (Å²) in [5, 5.41) is 3.02. The Morgan fingerprint density at radius 1 is 1.00 bits per heavy atom. The van der Waals surface area contributed by atoms with E-state index in [1.165, 1.54) is 7.11 Å². The number of halogens is 1. The molecule has 0 radical (unpaired) electrons. The molecule has 0 aromatic heterocycles. The van der Waals surface area contributed by atoms with Crippen molar-refractivity contribution >= 4 is 33.5 Å². The van der Waals surface area contributed by atoms with Gasteiger partial charge in [0.05, 0.1) is 18.1 Å². The first-order chi connectivity index (χ1) is 12.0. The number of hydrogen-bond acceptors (Lipinski definition) is 3. The van der Waals surface area contributed by atoms with E-state index in [0.29, 0.717) is 11.3 Å². The van der Waals surface area contributed by atoms with E-state index in [4.69, 9.17) is 4.74 Å². The number of esters is 1. The van der Waals surface area contributed by atoms with E-state index in [-0.39, 0.29) is 11.9 Å². The lowest BCUT2D eigenvalue weighted by molar-refractivity contribution is -0.121. The van der Waals surface area contributed by atoms with Crippen molar-refractivity contribution in [2.45, 2.75) is 31.1 Å². The molecule has 1 N–H and O–H groups in total. The Hall–Kier alpha value is -2.14. The molecule has 0 atom stereocenters.